The number of likely N-dealkylation sites (N-methyl/N-ethyl adjacent to an activating group) is 1. The van der Waals surface area contributed by atoms with Crippen LogP contribution in [0.5, 0.6) is 0 Å². The van der Waals surface area contributed by atoms with Crippen LogP contribution in [-0.2, 0) is 19.2 Å². The second-order valence-electron chi connectivity index (χ2n) is 11.7. The molecular formula is C34H48FN8O6P. The van der Waals surface area contributed by atoms with E-state index in [9.17, 15) is 33.2 Å². The number of aromatic amines is 1. The molecule has 1 aromatic heterocycles. The van der Waals surface area contributed by atoms with Crippen molar-refractivity contribution in [3.8, 4) is 0 Å². The number of benzene rings is 1. The van der Waals surface area contributed by atoms with Crippen LogP contribution >= 0.6 is 8.58 Å². The first-order chi connectivity index (χ1) is 23.9. The summed E-state index contributed by atoms with van der Waals surface area (Å²) in [5.74, 6) is -2.43. The minimum absolute atomic E-state index is 0.0119. The summed E-state index contributed by atoms with van der Waals surface area (Å²) < 4.78 is 14.4. The van der Waals surface area contributed by atoms with Gasteiger partial charge in [0.25, 0.3) is 11.8 Å². The van der Waals surface area contributed by atoms with Gasteiger partial charge in [-0.2, -0.15) is 0 Å². The molecule has 0 fully saturated rings. The van der Waals surface area contributed by atoms with Gasteiger partial charge in [-0.15, -0.1) is 0 Å². The maximum atomic E-state index is 14.4. The van der Waals surface area contributed by atoms with Crippen LogP contribution in [0.4, 0.5) is 14.9 Å². The lowest BCUT2D eigenvalue weighted by Gasteiger charge is -2.18. The lowest BCUT2D eigenvalue weighted by atomic mass is 10.0. The highest BCUT2D eigenvalue weighted by Gasteiger charge is 2.37. The molecule has 272 valence electrons. The minimum atomic E-state index is -0.778. The summed E-state index contributed by atoms with van der Waals surface area (Å²) >= 11 is 0. The van der Waals surface area contributed by atoms with Gasteiger partial charge in [-0.3, -0.25) is 24.0 Å². The Kier molecular flexibility index (Phi) is 15.2. The number of fused-ring (bicyclic) bond motifs is 1. The molecule has 3 rings (SSSR count). The van der Waals surface area contributed by atoms with E-state index in [2.05, 4.69) is 45.0 Å². The average molecular weight is 715 g/mol. The van der Waals surface area contributed by atoms with Gasteiger partial charge < -0.3 is 36.9 Å². The standard InChI is InChI=1S/C34H48FN8O6P/c1-6-42(7-2)17-16-38-31(46)30-20(3)26(40-21(30)4)19-24-23-18-22(35)8-9-27(23)43(32(24)47)34(49)39-15-14-37-28(44)10-11-29(45)41-25(12-13-36)33(48)50-5/h8-9,18-19,25,40,50H,6-7,10-17,36H2,1-5H3,(H,37,44)(H,38,46)(H,39,49)(H,41,45)/b24-19-/t25-/m1/s1. The SMILES string of the molecule is CCN(CC)CCNC(=O)c1c(C)[nH]c(/C=C2\C(=O)N(C(=O)NCCNC(=O)CCC(=O)N[C@H](CCN)C(=O)PC)c3ccc(F)cc32)c1C. The number of nitrogens with one attached hydrogen (secondary N) is 5. The van der Waals surface area contributed by atoms with Crippen molar-refractivity contribution in [3.05, 3.63) is 52.1 Å². The Morgan fingerprint density at radius 2 is 1.70 bits per heavy atom. The lowest BCUT2D eigenvalue weighted by molar-refractivity contribution is -0.127. The Balaban J connectivity index is 1.63. The number of aryl methyl sites for hydroxylation is 1. The second-order valence-corrected chi connectivity index (χ2v) is 12.7. The van der Waals surface area contributed by atoms with Gasteiger partial charge in [-0.25, -0.2) is 14.1 Å². The number of imide groups is 1. The maximum Gasteiger partial charge on any atom is 0.329 e. The molecule has 7 N–H and O–H groups in total. The van der Waals surface area contributed by atoms with Crippen LogP contribution < -0.4 is 31.9 Å². The molecule has 0 saturated carbocycles. The first kappa shape index (κ1) is 40.0. The van der Waals surface area contributed by atoms with Crippen LogP contribution in [-0.4, -0.2) is 104 Å². The van der Waals surface area contributed by atoms with Gasteiger partial charge in [0.2, 0.25) is 11.8 Å². The Morgan fingerprint density at radius 1 is 1.02 bits per heavy atom. The van der Waals surface area contributed by atoms with E-state index in [1.165, 1.54) is 18.2 Å². The third-order valence-corrected chi connectivity index (χ3v) is 9.22. The molecule has 0 radical (unpaired) electrons. The fourth-order valence-corrected chi connectivity index (χ4v) is 6.17. The topological polar surface area (TPSA) is 199 Å². The van der Waals surface area contributed by atoms with Crippen molar-refractivity contribution in [2.75, 3.05) is 57.4 Å². The van der Waals surface area contributed by atoms with Crippen molar-refractivity contribution in [2.24, 2.45) is 5.73 Å². The molecule has 1 unspecified atom stereocenters. The molecular weight excluding hydrogens is 666 g/mol. The van der Waals surface area contributed by atoms with Gasteiger partial charge in [0, 0.05) is 56.0 Å². The highest BCUT2D eigenvalue weighted by Crippen LogP contribution is 2.39. The van der Waals surface area contributed by atoms with E-state index in [4.69, 9.17) is 5.73 Å². The van der Waals surface area contributed by atoms with Gasteiger partial charge in [0.05, 0.1) is 22.9 Å². The molecule has 50 heavy (non-hydrogen) atoms. The van der Waals surface area contributed by atoms with Crippen molar-refractivity contribution in [3.63, 3.8) is 0 Å². The van der Waals surface area contributed by atoms with Crippen LogP contribution in [0.15, 0.2) is 18.2 Å². The highest BCUT2D eigenvalue weighted by molar-refractivity contribution is 7.57. The van der Waals surface area contributed by atoms with Crippen LogP contribution in [0, 0.1) is 19.7 Å². The molecule has 0 saturated heterocycles. The molecule has 1 aromatic carbocycles. The fourth-order valence-electron chi connectivity index (χ4n) is 5.61. The van der Waals surface area contributed by atoms with E-state index in [1.807, 2.05) is 0 Å². The van der Waals surface area contributed by atoms with E-state index in [0.29, 0.717) is 42.0 Å². The van der Waals surface area contributed by atoms with Crippen LogP contribution in [0.2, 0.25) is 0 Å². The number of halogens is 1. The number of amides is 6. The zero-order valence-corrected chi connectivity index (χ0v) is 30.3. The quantitative estimate of drug-likeness (QED) is 0.0766. The summed E-state index contributed by atoms with van der Waals surface area (Å²) in [6.45, 7) is 12.5. The number of H-pyrrole nitrogens is 1. The summed E-state index contributed by atoms with van der Waals surface area (Å²) in [7, 11) is 0.0119. The molecule has 6 amide bonds. The van der Waals surface area contributed by atoms with Gasteiger partial charge >= 0.3 is 6.03 Å². The van der Waals surface area contributed by atoms with Crippen molar-refractivity contribution in [1.82, 2.24) is 31.2 Å². The molecule has 2 aromatic rings. The van der Waals surface area contributed by atoms with E-state index in [1.54, 1.807) is 20.5 Å². The number of carbonyl (C=O) groups is 6. The summed E-state index contributed by atoms with van der Waals surface area (Å²) in [4.78, 5) is 82.6. The second kappa shape index (κ2) is 19.1. The number of rotatable bonds is 18. The third-order valence-electron chi connectivity index (χ3n) is 8.38. The molecule has 0 aliphatic carbocycles. The minimum Gasteiger partial charge on any atom is -0.358 e. The Morgan fingerprint density at radius 3 is 2.36 bits per heavy atom. The number of nitrogens with two attached hydrogens (primary N) is 1. The number of urea groups is 1. The van der Waals surface area contributed by atoms with Crippen molar-refractivity contribution in [2.45, 2.75) is 53.0 Å². The fraction of sp³-hybridized carbons (Fsp3) is 0.471. The molecule has 14 nitrogen and oxygen atoms in total. The van der Waals surface area contributed by atoms with Gasteiger partial charge in [-0.1, -0.05) is 22.4 Å². The lowest BCUT2D eigenvalue weighted by Crippen LogP contribution is -2.44. The number of nitrogens with zero attached hydrogens (tertiary/aromatic N) is 2. The number of hydrogen-bond donors (Lipinski definition) is 6. The third kappa shape index (κ3) is 10.3. The molecule has 1 aliphatic rings. The van der Waals surface area contributed by atoms with Gasteiger partial charge in [0.15, 0.2) is 5.52 Å². The maximum absolute atomic E-state index is 14.4. The van der Waals surface area contributed by atoms with Crippen molar-refractivity contribution < 1.29 is 33.2 Å². The molecule has 0 bridgehead atoms. The highest BCUT2D eigenvalue weighted by atomic mass is 31.1. The summed E-state index contributed by atoms with van der Waals surface area (Å²) in [6, 6.07) is 2.20. The molecule has 2 heterocycles. The van der Waals surface area contributed by atoms with E-state index >= 15 is 0 Å². The first-order valence-electron chi connectivity index (χ1n) is 16.7. The molecule has 1 aliphatic heterocycles. The summed E-state index contributed by atoms with van der Waals surface area (Å²) in [6.07, 6.45) is 1.56. The molecule has 16 heteroatoms. The molecule has 0 spiro atoms. The predicted molar refractivity (Wildman–Crippen MR) is 193 cm³/mol. The van der Waals surface area contributed by atoms with Crippen molar-refractivity contribution >= 4 is 61.1 Å². The number of aromatic nitrogens is 1. The smallest absolute Gasteiger partial charge is 0.329 e. The van der Waals surface area contributed by atoms with Crippen LogP contribution in [0.3, 0.4) is 0 Å². The largest absolute Gasteiger partial charge is 0.358 e. The first-order valence-corrected chi connectivity index (χ1v) is 18.2. The Hall–Kier alpha value is -4.46. The Bertz CT molecular complexity index is 1620. The zero-order valence-electron chi connectivity index (χ0n) is 29.3. The normalized spacial score (nSPS) is 14.0. The van der Waals surface area contributed by atoms with Crippen molar-refractivity contribution in [1.29, 1.82) is 0 Å². The van der Waals surface area contributed by atoms with E-state index in [0.717, 1.165) is 24.1 Å². The number of anilines is 1. The monoisotopic (exact) mass is 714 g/mol. The zero-order chi connectivity index (χ0) is 37.0. The molecule has 2 atom stereocenters. The van der Waals surface area contributed by atoms with Gasteiger partial charge in [-0.05, 0) is 76.4 Å². The van der Waals surface area contributed by atoms with Crippen LogP contribution in [0.1, 0.15) is 66.0 Å². The van der Waals surface area contributed by atoms with E-state index in [-0.39, 0.29) is 69.3 Å². The predicted octanol–water partition coefficient (Wildman–Crippen LogP) is 2.00. The summed E-state index contributed by atoms with van der Waals surface area (Å²) in [5, 5.41) is 10.7. The summed E-state index contributed by atoms with van der Waals surface area (Å²) in [5.41, 5.74) is 7.98. The Labute approximate surface area is 293 Å². The van der Waals surface area contributed by atoms with Gasteiger partial charge in [0.1, 0.15) is 5.82 Å². The average Bonchev–Trinajstić information content (AvgIpc) is 3.53. The number of carbonyl (C=O) groups excluding carboxylic acids is 6. The van der Waals surface area contributed by atoms with Crippen LogP contribution in [0.25, 0.3) is 11.6 Å². The number of hydrogen-bond acceptors (Lipinski definition) is 8. The van der Waals surface area contributed by atoms with E-state index < -0.39 is 35.6 Å².